The van der Waals surface area contributed by atoms with Crippen molar-refractivity contribution in [3.8, 4) is 5.75 Å². The highest BCUT2D eigenvalue weighted by Crippen LogP contribution is 2.22. The molecule has 1 N–H and O–H groups in total. The third kappa shape index (κ3) is 3.48. The number of unbranched alkanes of at least 4 members (excludes halogenated alkanes) is 1. The number of amides is 1. The molecule has 17 heavy (non-hydrogen) atoms. The molecule has 0 aliphatic heterocycles. The van der Waals surface area contributed by atoms with E-state index in [0.29, 0.717) is 17.9 Å². The van der Waals surface area contributed by atoms with E-state index in [4.69, 9.17) is 4.74 Å². The number of carbonyl (C=O) groups excluding carboxylic acids is 1. The van der Waals surface area contributed by atoms with Crippen LogP contribution < -0.4 is 10.1 Å². The van der Waals surface area contributed by atoms with Gasteiger partial charge in [-0.25, -0.2) is 0 Å². The second-order valence-corrected chi connectivity index (χ2v) is 4.25. The molecule has 1 aromatic carbocycles. The lowest BCUT2D eigenvalue weighted by Crippen LogP contribution is -2.25. The predicted molar refractivity (Wildman–Crippen MR) is 69.7 cm³/mol. The van der Waals surface area contributed by atoms with Crippen molar-refractivity contribution in [2.75, 3.05) is 13.7 Å². The molecule has 1 rings (SSSR count). The van der Waals surface area contributed by atoms with Crippen molar-refractivity contribution in [2.45, 2.75) is 33.6 Å². The first-order chi connectivity index (χ1) is 8.10. The largest absolute Gasteiger partial charge is 0.496 e. The fourth-order valence-electron chi connectivity index (χ4n) is 1.61. The van der Waals surface area contributed by atoms with E-state index in [-0.39, 0.29) is 5.91 Å². The first-order valence-corrected chi connectivity index (χ1v) is 6.03. The Morgan fingerprint density at radius 1 is 1.29 bits per heavy atom. The fraction of sp³-hybridized carbons (Fsp3) is 0.500. The normalized spacial score (nSPS) is 10.1. The molecule has 3 heteroatoms. The number of methoxy groups -OCH3 is 1. The first kappa shape index (κ1) is 13.6. The molecule has 0 bridgehead atoms. The minimum Gasteiger partial charge on any atom is -0.496 e. The molecule has 94 valence electrons. The quantitative estimate of drug-likeness (QED) is 0.797. The first-order valence-electron chi connectivity index (χ1n) is 6.03. The summed E-state index contributed by atoms with van der Waals surface area (Å²) in [6.45, 7) is 6.82. The number of nitrogens with one attached hydrogen (secondary N) is 1. The molecule has 0 saturated carbocycles. The maximum absolute atomic E-state index is 12.0. The number of hydrogen-bond donors (Lipinski definition) is 1. The Balaban J connectivity index is 2.88. The Bertz CT molecular complexity index is 399. The molecule has 1 aromatic rings. The van der Waals surface area contributed by atoms with Crippen LogP contribution in [0, 0.1) is 13.8 Å². The summed E-state index contributed by atoms with van der Waals surface area (Å²) in [6, 6.07) is 3.79. The zero-order valence-corrected chi connectivity index (χ0v) is 11.1. The van der Waals surface area contributed by atoms with Crippen molar-refractivity contribution in [2.24, 2.45) is 0 Å². The van der Waals surface area contributed by atoms with Gasteiger partial charge in [-0.2, -0.15) is 0 Å². The van der Waals surface area contributed by atoms with Gasteiger partial charge in [0.2, 0.25) is 0 Å². The van der Waals surface area contributed by atoms with Crippen LogP contribution in [0.15, 0.2) is 12.1 Å². The Hall–Kier alpha value is -1.51. The van der Waals surface area contributed by atoms with Gasteiger partial charge in [0.15, 0.2) is 0 Å². The van der Waals surface area contributed by atoms with Crippen molar-refractivity contribution in [3.63, 3.8) is 0 Å². The summed E-state index contributed by atoms with van der Waals surface area (Å²) in [7, 11) is 1.59. The van der Waals surface area contributed by atoms with Crippen LogP contribution in [0.2, 0.25) is 0 Å². The second-order valence-electron chi connectivity index (χ2n) is 4.25. The number of aryl methyl sites for hydroxylation is 2. The van der Waals surface area contributed by atoms with Gasteiger partial charge in [0.05, 0.1) is 12.7 Å². The standard InChI is InChI=1S/C14H21NO2/c1-5-6-7-15-14(16)12-8-10(2)11(3)9-13(12)17-4/h8-9H,5-7H2,1-4H3,(H,15,16). The molecule has 1 amide bonds. The molecule has 0 aliphatic carbocycles. The van der Waals surface area contributed by atoms with E-state index >= 15 is 0 Å². The maximum Gasteiger partial charge on any atom is 0.255 e. The van der Waals surface area contributed by atoms with Crippen molar-refractivity contribution < 1.29 is 9.53 Å². The van der Waals surface area contributed by atoms with Crippen LogP contribution in [0.3, 0.4) is 0 Å². The van der Waals surface area contributed by atoms with Gasteiger partial charge in [0.1, 0.15) is 5.75 Å². The summed E-state index contributed by atoms with van der Waals surface area (Å²) in [5.41, 5.74) is 2.85. The maximum atomic E-state index is 12.0. The number of hydrogen-bond acceptors (Lipinski definition) is 2. The highest BCUT2D eigenvalue weighted by Gasteiger charge is 2.13. The van der Waals surface area contributed by atoms with Crippen LogP contribution in [0.1, 0.15) is 41.3 Å². The summed E-state index contributed by atoms with van der Waals surface area (Å²) in [5.74, 6) is 0.584. The summed E-state index contributed by atoms with van der Waals surface area (Å²) in [6.07, 6.45) is 2.07. The van der Waals surface area contributed by atoms with Gasteiger partial charge in [-0.15, -0.1) is 0 Å². The van der Waals surface area contributed by atoms with E-state index in [1.54, 1.807) is 7.11 Å². The molecule has 0 aliphatic rings. The van der Waals surface area contributed by atoms with Gasteiger partial charge in [0, 0.05) is 6.54 Å². The lowest BCUT2D eigenvalue weighted by molar-refractivity contribution is 0.0950. The topological polar surface area (TPSA) is 38.3 Å². The predicted octanol–water partition coefficient (Wildman–Crippen LogP) is 2.84. The minimum atomic E-state index is -0.0570. The average molecular weight is 235 g/mol. The monoisotopic (exact) mass is 235 g/mol. The average Bonchev–Trinajstić information content (AvgIpc) is 2.32. The lowest BCUT2D eigenvalue weighted by Gasteiger charge is -2.11. The summed E-state index contributed by atoms with van der Waals surface area (Å²) in [4.78, 5) is 12.0. The van der Waals surface area contributed by atoms with Crippen molar-refractivity contribution in [3.05, 3.63) is 28.8 Å². The highest BCUT2D eigenvalue weighted by molar-refractivity contribution is 5.97. The van der Waals surface area contributed by atoms with E-state index in [2.05, 4.69) is 12.2 Å². The lowest BCUT2D eigenvalue weighted by atomic mass is 10.0. The molecule has 0 aromatic heterocycles. The van der Waals surface area contributed by atoms with E-state index in [1.165, 1.54) is 0 Å². The second kappa shape index (κ2) is 6.28. The molecule has 0 spiro atoms. The van der Waals surface area contributed by atoms with E-state index in [0.717, 1.165) is 24.0 Å². The Labute approximate surface area is 103 Å². The molecule has 3 nitrogen and oxygen atoms in total. The van der Waals surface area contributed by atoms with Gasteiger partial charge in [-0.1, -0.05) is 13.3 Å². The third-order valence-corrected chi connectivity index (χ3v) is 2.88. The molecule has 0 atom stereocenters. The zero-order chi connectivity index (χ0) is 12.8. The molecule has 0 saturated heterocycles. The Morgan fingerprint density at radius 3 is 2.53 bits per heavy atom. The summed E-state index contributed by atoms with van der Waals surface area (Å²) in [5, 5.41) is 2.90. The number of benzene rings is 1. The van der Waals surface area contributed by atoms with Gasteiger partial charge in [-0.05, 0) is 43.5 Å². The number of rotatable bonds is 5. The van der Waals surface area contributed by atoms with Crippen molar-refractivity contribution in [1.82, 2.24) is 5.32 Å². The third-order valence-electron chi connectivity index (χ3n) is 2.88. The SMILES string of the molecule is CCCCNC(=O)c1cc(C)c(C)cc1OC. The van der Waals surface area contributed by atoms with Gasteiger partial charge < -0.3 is 10.1 Å². The van der Waals surface area contributed by atoms with Crippen LogP contribution in [-0.2, 0) is 0 Å². The molecular formula is C14H21NO2. The van der Waals surface area contributed by atoms with Crippen molar-refractivity contribution in [1.29, 1.82) is 0 Å². The van der Waals surface area contributed by atoms with Crippen molar-refractivity contribution >= 4 is 5.91 Å². The molecular weight excluding hydrogens is 214 g/mol. The van der Waals surface area contributed by atoms with E-state index in [1.807, 2.05) is 26.0 Å². The fourth-order valence-corrected chi connectivity index (χ4v) is 1.61. The van der Waals surface area contributed by atoms with Gasteiger partial charge in [-0.3, -0.25) is 4.79 Å². The summed E-state index contributed by atoms with van der Waals surface area (Å²) >= 11 is 0. The molecule has 0 unspecified atom stereocenters. The highest BCUT2D eigenvalue weighted by atomic mass is 16.5. The molecule has 0 heterocycles. The van der Waals surface area contributed by atoms with Gasteiger partial charge in [0.25, 0.3) is 5.91 Å². The minimum absolute atomic E-state index is 0.0570. The van der Waals surface area contributed by atoms with Crippen LogP contribution in [0.4, 0.5) is 0 Å². The van der Waals surface area contributed by atoms with Crippen LogP contribution in [0.25, 0.3) is 0 Å². The van der Waals surface area contributed by atoms with Crippen LogP contribution in [-0.4, -0.2) is 19.6 Å². The van der Waals surface area contributed by atoms with E-state index in [9.17, 15) is 4.79 Å². The van der Waals surface area contributed by atoms with Gasteiger partial charge >= 0.3 is 0 Å². The molecule has 0 fully saturated rings. The van der Waals surface area contributed by atoms with Crippen LogP contribution in [0.5, 0.6) is 5.75 Å². The van der Waals surface area contributed by atoms with E-state index < -0.39 is 0 Å². The number of carbonyl (C=O) groups is 1. The Kier molecular flexibility index (Phi) is 5.01. The smallest absolute Gasteiger partial charge is 0.255 e. The summed E-state index contributed by atoms with van der Waals surface area (Å²) < 4.78 is 5.25. The zero-order valence-electron chi connectivity index (χ0n) is 11.1. The Morgan fingerprint density at radius 2 is 1.94 bits per heavy atom. The number of ether oxygens (including phenoxy) is 1. The van der Waals surface area contributed by atoms with Crippen LogP contribution >= 0.6 is 0 Å². The molecule has 0 radical (unpaired) electrons.